The molecule has 4 rings (SSSR count). The van der Waals surface area contributed by atoms with Gasteiger partial charge in [0.05, 0.1) is 5.69 Å². The predicted molar refractivity (Wildman–Crippen MR) is 98.4 cm³/mol. The lowest BCUT2D eigenvalue weighted by molar-refractivity contribution is 0.0997. The number of benzene rings is 2. The molecule has 0 unspecified atom stereocenters. The molecular weight excluding hydrogens is 373 g/mol. The second kappa shape index (κ2) is 6.33. The quantitative estimate of drug-likeness (QED) is 0.567. The van der Waals surface area contributed by atoms with Crippen molar-refractivity contribution >= 4 is 28.7 Å². The molecule has 134 valence electrons. The van der Waals surface area contributed by atoms with Crippen LogP contribution in [0.5, 0.6) is 0 Å². The molecule has 0 radical (unpaired) electrons. The van der Waals surface area contributed by atoms with E-state index in [1.807, 2.05) is 0 Å². The summed E-state index contributed by atoms with van der Waals surface area (Å²) >= 11 is 6.01. The standard InChI is InChI=1S/C18H11ClFN5O2/c19-10-5-3-4-9(8-10)16-22-13(15(21)26)14-17(24-16)25(18(27)23-14)12-7-2-1-6-11(12)20/h1-8H,(H2,21,26)(H,23,27). The molecule has 0 spiro atoms. The maximum atomic E-state index is 14.3. The average Bonchev–Trinajstić information content (AvgIpc) is 2.97. The number of nitrogens with zero attached hydrogens (tertiary/aromatic N) is 3. The Balaban J connectivity index is 2.10. The lowest BCUT2D eigenvalue weighted by Crippen LogP contribution is -2.16. The van der Waals surface area contributed by atoms with E-state index in [9.17, 15) is 14.0 Å². The van der Waals surface area contributed by atoms with Gasteiger partial charge in [0.15, 0.2) is 17.2 Å². The van der Waals surface area contributed by atoms with Crippen LogP contribution in [0.2, 0.25) is 5.02 Å². The molecule has 0 fully saturated rings. The molecule has 3 N–H and O–H groups in total. The van der Waals surface area contributed by atoms with Crippen LogP contribution in [-0.4, -0.2) is 25.4 Å². The van der Waals surface area contributed by atoms with Gasteiger partial charge in [-0.25, -0.2) is 23.7 Å². The number of carbonyl (C=O) groups excluding carboxylic acids is 1. The van der Waals surface area contributed by atoms with Gasteiger partial charge >= 0.3 is 5.69 Å². The van der Waals surface area contributed by atoms with Gasteiger partial charge in [0, 0.05) is 10.6 Å². The SMILES string of the molecule is NC(=O)c1nc(-c2cccc(Cl)c2)nc2c1[nH]c(=O)n2-c1ccccc1F. The van der Waals surface area contributed by atoms with Crippen LogP contribution in [0.25, 0.3) is 28.2 Å². The second-order valence-electron chi connectivity index (χ2n) is 5.69. The van der Waals surface area contributed by atoms with Gasteiger partial charge in [0.2, 0.25) is 0 Å². The minimum Gasteiger partial charge on any atom is -0.364 e. The van der Waals surface area contributed by atoms with E-state index in [1.54, 1.807) is 30.3 Å². The molecule has 0 aliphatic carbocycles. The van der Waals surface area contributed by atoms with Crippen LogP contribution in [0.1, 0.15) is 10.5 Å². The maximum Gasteiger partial charge on any atom is 0.332 e. The monoisotopic (exact) mass is 383 g/mol. The number of hydrogen-bond acceptors (Lipinski definition) is 4. The van der Waals surface area contributed by atoms with Crippen LogP contribution in [0.15, 0.2) is 53.3 Å². The van der Waals surface area contributed by atoms with Gasteiger partial charge in [-0.3, -0.25) is 4.79 Å². The van der Waals surface area contributed by atoms with E-state index in [2.05, 4.69) is 15.0 Å². The second-order valence-corrected chi connectivity index (χ2v) is 6.12. The summed E-state index contributed by atoms with van der Waals surface area (Å²) in [6, 6.07) is 12.4. The molecule has 0 aliphatic heterocycles. The van der Waals surface area contributed by atoms with Crippen molar-refractivity contribution in [1.29, 1.82) is 0 Å². The summed E-state index contributed by atoms with van der Waals surface area (Å²) in [4.78, 5) is 35.4. The fraction of sp³-hybridized carbons (Fsp3) is 0. The van der Waals surface area contributed by atoms with Gasteiger partial charge in [-0.15, -0.1) is 0 Å². The van der Waals surface area contributed by atoms with Crippen molar-refractivity contribution in [1.82, 2.24) is 19.5 Å². The zero-order valence-electron chi connectivity index (χ0n) is 13.6. The molecule has 7 nitrogen and oxygen atoms in total. The van der Waals surface area contributed by atoms with Gasteiger partial charge in [-0.1, -0.05) is 35.9 Å². The number of fused-ring (bicyclic) bond motifs is 1. The first-order valence-electron chi connectivity index (χ1n) is 7.79. The van der Waals surface area contributed by atoms with Gasteiger partial charge < -0.3 is 10.7 Å². The lowest BCUT2D eigenvalue weighted by atomic mass is 10.2. The zero-order chi connectivity index (χ0) is 19.1. The molecule has 4 aromatic rings. The fourth-order valence-electron chi connectivity index (χ4n) is 2.78. The van der Waals surface area contributed by atoms with Crippen LogP contribution >= 0.6 is 11.6 Å². The van der Waals surface area contributed by atoms with E-state index in [0.29, 0.717) is 10.6 Å². The van der Waals surface area contributed by atoms with Crippen LogP contribution in [0, 0.1) is 5.82 Å². The predicted octanol–water partition coefficient (Wildman–Crippen LogP) is 2.67. The first-order valence-corrected chi connectivity index (χ1v) is 8.17. The van der Waals surface area contributed by atoms with Gasteiger partial charge in [-0.05, 0) is 24.3 Å². The fourth-order valence-corrected chi connectivity index (χ4v) is 2.97. The number of halogens is 2. The Morgan fingerprint density at radius 3 is 2.63 bits per heavy atom. The number of amides is 1. The minimum atomic E-state index is -0.854. The highest BCUT2D eigenvalue weighted by molar-refractivity contribution is 6.30. The lowest BCUT2D eigenvalue weighted by Gasteiger charge is -2.07. The van der Waals surface area contributed by atoms with E-state index >= 15 is 0 Å². The highest BCUT2D eigenvalue weighted by Gasteiger charge is 2.21. The number of para-hydroxylation sites is 1. The highest BCUT2D eigenvalue weighted by Crippen LogP contribution is 2.24. The smallest absolute Gasteiger partial charge is 0.332 e. The Hall–Kier alpha value is -3.52. The Bertz CT molecular complexity index is 1260. The molecule has 0 bridgehead atoms. The van der Waals surface area contributed by atoms with Crippen LogP contribution in [-0.2, 0) is 0 Å². The summed E-state index contributed by atoms with van der Waals surface area (Å²) < 4.78 is 15.3. The third kappa shape index (κ3) is 2.85. The zero-order valence-corrected chi connectivity index (χ0v) is 14.4. The van der Waals surface area contributed by atoms with Crippen molar-refractivity contribution in [3.8, 4) is 17.1 Å². The first-order chi connectivity index (χ1) is 13.0. The molecule has 2 aromatic carbocycles. The van der Waals surface area contributed by atoms with Crippen molar-refractivity contribution < 1.29 is 9.18 Å². The topological polar surface area (TPSA) is 107 Å². The molecular formula is C18H11ClFN5O2. The van der Waals surface area contributed by atoms with Gasteiger partial charge in [0.25, 0.3) is 5.91 Å². The normalized spacial score (nSPS) is 11.0. The molecule has 0 saturated heterocycles. The highest BCUT2D eigenvalue weighted by atomic mass is 35.5. The summed E-state index contributed by atoms with van der Waals surface area (Å²) in [5.74, 6) is -1.35. The number of hydrogen-bond donors (Lipinski definition) is 2. The Kier molecular flexibility index (Phi) is 3.97. The molecule has 1 amide bonds. The summed E-state index contributed by atoms with van der Waals surface area (Å²) in [5.41, 5.74) is 5.14. The van der Waals surface area contributed by atoms with E-state index in [4.69, 9.17) is 17.3 Å². The Morgan fingerprint density at radius 1 is 1.15 bits per heavy atom. The van der Waals surface area contributed by atoms with Gasteiger partial charge in [0.1, 0.15) is 11.3 Å². The summed E-state index contributed by atoms with van der Waals surface area (Å²) in [6.07, 6.45) is 0. The number of nitrogens with one attached hydrogen (secondary N) is 1. The van der Waals surface area contributed by atoms with E-state index in [-0.39, 0.29) is 28.4 Å². The number of H-pyrrole nitrogens is 1. The van der Waals surface area contributed by atoms with E-state index in [0.717, 1.165) is 4.57 Å². The summed E-state index contributed by atoms with van der Waals surface area (Å²) in [5, 5.41) is 0.442. The number of rotatable bonds is 3. The van der Waals surface area contributed by atoms with E-state index < -0.39 is 17.4 Å². The van der Waals surface area contributed by atoms with Crippen molar-refractivity contribution in [3.05, 3.63) is 75.5 Å². The van der Waals surface area contributed by atoms with Crippen LogP contribution in [0.3, 0.4) is 0 Å². The average molecular weight is 384 g/mol. The number of imidazole rings is 1. The third-order valence-corrected chi connectivity index (χ3v) is 4.18. The summed E-state index contributed by atoms with van der Waals surface area (Å²) in [6.45, 7) is 0. The maximum absolute atomic E-state index is 14.3. The molecule has 27 heavy (non-hydrogen) atoms. The minimum absolute atomic E-state index is 0.0140. The molecule has 0 aliphatic rings. The largest absolute Gasteiger partial charge is 0.364 e. The van der Waals surface area contributed by atoms with Crippen LogP contribution in [0.4, 0.5) is 4.39 Å². The Labute approximate surface area is 156 Å². The Morgan fingerprint density at radius 2 is 1.93 bits per heavy atom. The first kappa shape index (κ1) is 16.9. The van der Waals surface area contributed by atoms with Crippen LogP contribution < -0.4 is 11.4 Å². The van der Waals surface area contributed by atoms with Crippen molar-refractivity contribution in [3.63, 3.8) is 0 Å². The number of nitrogens with two attached hydrogens (primary N) is 1. The van der Waals surface area contributed by atoms with E-state index in [1.165, 1.54) is 18.2 Å². The van der Waals surface area contributed by atoms with Crippen molar-refractivity contribution in [2.75, 3.05) is 0 Å². The molecule has 0 atom stereocenters. The van der Waals surface area contributed by atoms with Gasteiger partial charge in [-0.2, -0.15) is 0 Å². The van der Waals surface area contributed by atoms with Crippen molar-refractivity contribution in [2.24, 2.45) is 5.73 Å². The molecule has 2 aromatic heterocycles. The molecule has 9 heteroatoms. The number of aromatic amines is 1. The molecule has 0 saturated carbocycles. The summed E-state index contributed by atoms with van der Waals surface area (Å²) in [7, 11) is 0. The number of carbonyl (C=O) groups is 1. The third-order valence-electron chi connectivity index (χ3n) is 3.95. The number of primary amides is 1. The van der Waals surface area contributed by atoms with Crippen molar-refractivity contribution in [2.45, 2.75) is 0 Å². The molecule has 2 heterocycles. The number of aromatic nitrogens is 4.